The molecule has 0 bridgehead atoms. The van der Waals surface area contributed by atoms with Crippen LogP contribution in [0.1, 0.15) is 49.4 Å². The number of fused-ring (bicyclic) bond motifs is 5. The Morgan fingerprint density at radius 2 is 2.03 bits per heavy atom. The Bertz CT molecular complexity index is 1260. The molecule has 148 valence electrons. The van der Waals surface area contributed by atoms with Gasteiger partial charge in [0.2, 0.25) is 11.2 Å². The number of benzene rings is 1. The maximum absolute atomic E-state index is 13.4. The van der Waals surface area contributed by atoms with Crippen molar-refractivity contribution < 1.29 is 19.4 Å². The second-order valence-corrected chi connectivity index (χ2v) is 7.61. The van der Waals surface area contributed by atoms with Crippen LogP contribution in [0.5, 0.6) is 0 Å². The van der Waals surface area contributed by atoms with E-state index in [0.29, 0.717) is 23.3 Å². The molecule has 0 saturated carbocycles. The molecule has 4 heterocycles. The highest BCUT2D eigenvalue weighted by Crippen LogP contribution is 2.42. The fraction of sp³-hybridized carbons (Fsp3) is 0.318. The predicted molar refractivity (Wildman–Crippen MR) is 105 cm³/mol. The summed E-state index contributed by atoms with van der Waals surface area (Å²) in [6, 6.07) is 10.5. The van der Waals surface area contributed by atoms with Crippen molar-refractivity contribution in [1.82, 2.24) is 4.57 Å². The summed E-state index contributed by atoms with van der Waals surface area (Å²) in [4.78, 5) is 25.7. The molecule has 5 rings (SSSR count). The molecule has 1 aromatic carbocycles. The second-order valence-electron chi connectivity index (χ2n) is 7.61. The molecular weight excluding hydrogens is 372 g/mol. The summed E-state index contributed by atoms with van der Waals surface area (Å²) in [7, 11) is 0. The van der Waals surface area contributed by atoms with Crippen molar-refractivity contribution in [2.75, 3.05) is 0 Å². The fourth-order valence-corrected chi connectivity index (χ4v) is 4.68. The highest BCUT2D eigenvalue weighted by atomic mass is 16.6. The molecule has 0 saturated heterocycles. The zero-order valence-electron chi connectivity index (χ0n) is 16.1. The van der Waals surface area contributed by atoms with Gasteiger partial charge in [0, 0.05) is 17.0 Å². The average molecular weight is 392 g/mol. The van der Waals surface area contributed by atoms with Crippen molar-refractivity contribution in [3.63, 3.8) is 0 Å². The Balaban J connectivity index is 1.90. The molecule has 0 fully saturated rings. The number of esters is 1. The van der Waals surface area contributed by atoms with E-state index in [0.717, 1.165) is 15.7 Å². The van der Waals surface area contributed by atoms with Gasteiger partial charge in [0.05, 0.1) is 17.2 Å². The Hall–Kier alpha value is -3.19. The average Bonchev–Trinajstić information content (AvgIpc) is 3.05. The van der Waals surface area contributed by atoms with Crippen molar-refractivity contribution in [2.45, 2.75) is 44.9 Å². The molecule has 7 heteroatoms. The lowest BCUT2D eigenvalue weighted by Crippen LogP contribution is -2.44. The number of aromatic nitrogens is 2. The number of carbonyl (C=O) groups excluding carboxylic acids is 1. The zero-order valence-corrected chi connectivity index (χ0v) is 16.1. The lowest BCUT2D eigenvalue weighted by molar-refractivity contribution is -0.565. The van der Waals surface area contributed by atoms with Crippen LogP contribution in [0, 0.1) is 5.21 Å². The van der Waals surface area contributed by atoms with Crippen molar-refractivity contribution in [3.8, 4) is 11.4 Å². The van der Waals surface area contributed by atoms with Crippen LogP contribution < -0.4 is 10.3 Å². The smallest absolute Gasteiger partial charge is 0.343 e. The first-order valence-electron chi connectivity index (χ1n) is 9.76. The lowest BCUT2D eigenvalue weighted by atomic mass is 9.86. The maximum Gasteiger partial charge on any atom is 0.343 e. The Kier molecular flexibility index (Phi) is 3.64. The summed E-state index contributed by atoms with van der Waals surface area (Å²) in [5, 5.41) is 25.0. The third kappa shape index (κ3) is 2.13. The topological polar surface area (TPSA) is 95.5 Å². The van der Waals surface area contributed by atoms with E-state index in [4.69, 9.17) is 4.74 Å². The van der Waals surface area contributed by atoms with E-state index in [9.17, 15) is 19.9 Å². The molecule has 2 aliphatic rings. The minimum atomic E-state index is -1.89. The van der Waals surface area contributed by atoms with Crippen LogP contribution in [0.2, 0.25) is 0 Å². The third-order valence-corrected chi connectivity index (χ3v) is 6.23. The molecule has 1 N–H and O–H groups in total. The number of pyridine rings is 2. The van der Waals surface area contributed by atoms with Crippen molar-refractivity contribution in [1.29, 1.82) is 0 Å². The quantitative estimate of drug-likeness (QED) is 0.410. The first-order chi connectivity index (χ1) is 13.9. The van der Waals surface area contributed by atoms with Gasteiger partial charge >= 0.3 is 5.97 Å². The van der Waals surface area contributed by atoms with E-state index >= 15 is 0 Å². The third-order valence-electron chi connectivity index (χ3n) is 6.23. The van der Waals surface area contributed by atoms with Crippen molar-refractivity contribution in [3.05, 3.63) is 68.6 Å². The van der Waals surface area contributed by atoms with E-state index in [2.05, 4.69) is 0 Å². The van der Waals surface area contributed by atoms with Gasteiger partial charge in [-0.2, -0.15) is 4.73 Å². The van der Waals surface area contributed by atoms with Gasteiger partial charge in [0.25, 0.3) is 5.56 Å². The molecule has 2 atom stereocenters. The van der Waals surface area contributed by atoms with Crippen LogP contribution in [-0.4, -0.2) is 15.6 Å². The number of aliphatic hydroxyl groups is 1. The van der Waals surface area contributed by atoms with E-state index in [1.807, 2.05) is 25.1 Å². The number of ether oxygens (including phenoxy) is 1. The van der Waals surface area contributed by atoms with Crippen LogP contribution in [0.25, 0.3) is 22.3 Å². The largest absolute Gasteiger partial charge is 0.618 e. The first-order valence-corrected chi connectivity index (χ1v) is 9.76. The fourth-order valence-electron chi connectivity index (χ4n) is 4.68. The van der Waals surface area contributed by atoms with Crippen molar-refractivity contribution >= 4 is 16.9 Å². The number of rotatable bonds is 2. The van der Waals surface area contributed by atoms with Gasteiger partial charge in [0.1, 0.15) is 12.3 Å². The van der Waals surface area contributed by atoms with Crippen LogP contribution in [-0.2, 0) is 21.7 Å². The summed E-state index contributed by atoms with van der Waals surface area (Å²) in [5.41, 5.74) is 0.388. The molecule has 2 aromatic heterocycles. The number of nitrogens with zero attached hydrogens (tertiary/aromatic N) is 2. The molecule has 7 nitrogen and oxygen atoms in total. The second kappa shape index (κ2) is 5.90. The number of para-hydroxylation sites is 1. The minimum absolute atomic E-state index is 0.0703. The number of carbonyl (C=O) groups is 1. The molecule has 3 aromatic rings. The van der Waals surface area contributed by atoms with Gasteiger partial charge in [-0.05, 0) is 31.0 Å². The highest BCUT2D eigenvalue weighted by Gasteiger charge is 2.47. The van der Waals surface area contributed by atoms with E-state index in [-0.39, 0.29) is 35.8 Å². The summed E-state index contributed by atoms with van der Waals surface area (Å²) in [5.74, 6) is -0.768. The normalized spacial score (nSPS) is 22.2. The maximum atomic E-state index is 13.4. The van der Waals surface area contributed by atoms with Crippen LogP contribution in [0.3, 0.4) is 0 Å². The number of hydrogen-bond donors (Lipinski definition) is 1. The Labute approximate surface area is 166 Å². The van der Waals surface area contributed by atoms with Crippen LogP contribution in [0.15, 0.2) is 41.2 Å². The van der Waals surface area contributed by atoms with Crippen LogP contribution in [0.4, 0.5) is 0 Å². The van der Waals surface area contributed by atoms with Gasteiger partial charge in [-0.15, -0.1) is 0 Å². The van der Waals surface area contributed by atoms with Gasteiger partial charge in [-0.25, -0.2) is 4.79 Å². The number of hydrogen-bond acceptors (Lipinski definition) is 5. The van der Waals surface area contributed by atoms with Crippen LogP contribution >= 0.6 is 0 Å². The monoisotopic (exact) mass is 392 g/mol. The molecule has 0 spiro atoms. The minimum Gasteiger partial charge on any atom is -0.618 e. The lowest BCUT2D eigenvalue weighted by Gasteiger charge is -2.32. The SMILES string of the molecule is CCC1c2cc3ccccc3[n+]([O-])c2-c2cc3c(c(=O)n21)COC(=O)[C@]3(O)CC. The molecular formula is C22H20N2O5. The number of cyclic esters (lactones) is 1. The molecule has 2 aliphatic heterocycles. The van der Waals surface area contributed by atoms with Crippen molar-refractivity contribution in [2.24, 2.45) is 0 Å². The predicted octanol–water partition coefficient (Wildman–Crippen LogP) is 2.27. The summed E-state index contributed by atoms with van der Waals surface area (Å²) in [6.07, 6.45) is 0.690. The Morgan fingerprint density at radius 3 is 2.76 bits per heavy atom. The summed E-state index contributed by atoms with van der Waals surface area (Å²) in [6.45, 7) is 3.44. The zero-order chi connectivity index (χ0) is 20.5. The molecule has 29 heavy (non-hydrogen) atoms. The highest BCUT2D eigenvalue weighted by molar-refractivity contribution is 5.85. The van der Waals surface area contributed by atoms with E-state index < -0.39 is 11.6 Å². The summed E-state index contributed by atoms with van der Waals surface area (Å²) >= 11 is 0. The first kappa shape index (κ1) is 17.9. The van der Waals surface area contributed by atoms with E-state index in [1.54, 1.807) is 29.7 Å². The molecule has 0 amide bonds. The van der Waals surface area contributed by atoms with Gasteiger partial charge in [0.15, 0.2) is 5.60 Å². The van der Waals surface area contributed by atoms with Gasteiger partial charge in [-0.3, -0.25) is 9.36 Å². The molecule has 1 unspecified atom stereocenters. The van der Waals surface area contributed by atoms with Gasteiger partial charge < -0.3 is 15.1 Å². The molecule has 0 radical (unpaired) electrons. The van der Waals surface area contributed by atoms with Gasteiger partial charge in [-0.1, -0.05) is 26.0 Å². The summed E-state index contributed by atoms with van der Waals surface area (Å²) < 4.78 is 7.57. The van der Waals surface area contributed by atoms with E-state index in [1.165, 1.54) is 0 Å². The Morgan fingerprint density at radius 1 is 1.28 bits per heavy atom. The molecule has 0 aliphatic carbocycles. The standard InChI is InChI=1S/C22H20N2O5/c1-3-16-13-9-12-7-5-6-8-17(12)24(28)19(13)18-10-15-14(20(25)23(16)18)11-29-21(26)22(15,27)4-2/h5-10,16,27H,3-4,11H2,1-2H3/t16?,22-/m0/s1.